The Kier molecular flexibility index (Phi) is 4.38. The molecule has 3 N–H and O–H groups in total. The summed E-state index contributed by atoms with van der Waals surface area (Å²) in [5.41, 5.74) is 1.08. The molecule has 0 unspecified atom stereocenters. The first kappa shape index (κ1) is 14.8. The average Bonchev–Trinajstić information content (AvgIpc) is 2.36. The maximum atomic E-state index is 13.4. The summed E-state index contributed by atoms with van der Waals surface area (Å²) in [6.45, 7) is 3.52. The molecule has 0 saturated heterocycles. The van der Waals surface area contributed by atoms with Crippen molar-refractivity contribution < 1.29 is 14.1 Å². The summed E-state index contributed by atoms with van der Waals surface area (Å²) in [7, 11) is 1.51. The average molecular weight is 270 g/mol. The molecule has 0 spiro atoms. The van der Waals surface area contributed by atoms with E-state index in [1.165, 1.54) is 11.9 Å². The second-order valence-electron chi connectivity index (χ2n) is 4.26. The molecule has 0 atom stereocenters. The number of carbonyl (C=O) groups excluding carboxylic acids is 1. The second kappa shape index (κ2) is 5.61. The van der Waals surface area contributed by atoms with Crippen LogP contribution in [0.15, 0.2) is 12.1 Å². The number of hydrogen-bond donors (Lipinski definition) is 2. The highest BCUT2D eigenvalue weighted by Gasteiger charge is 2.26. The zero-order valence-corrected chi connectivity index (χ0v) is 10.8. The molecule has 0 bridgehead atoms. The number of benzene rings is 1. The van der Waals surface area contributed by atoms with Crippen molar-refractivity contribution in [1.82, 2.24) is 4.90 Å². The van der Waals surface area contributed by atoms with E-state index in [1.54, 1.807) is 13.8 Å². The van der Waals surface area contributed by atoms with Crippen LogP contribution >= 0.6 is 0 Å². The van der Waals surface area contributed by atoms with Crippen LogP contribution in [0, 0.1) is 15.9 Å². The van der Waals surface area contributed by atoms with Gasteiger partial charge in [0.1, 0.15) is 5.56 Å². The molecule has 0 aromatic heterocycles. The Hall–Kier alpha value is -2.22. The van der Waals surface area contributed by atoms with Gasteiger partial charge in [0.05, 0.1) is 16.7 Å². The van der Waals surface area contributed by atoms with Gasteiger partial charge in [0.25, 0.3) is 11.6 Å². The molecule has 1 aromatic rings. The summed E-state index contributed by atoms with van der Waals surface area (Å²) in [5, 5.41) is 10.9. The third kappa shape index (κ3) is 2.97. The third-order valence-corrected chi connectivity index (χ3v) is 2.76. The van der Waals surface area contributed by atoms with Crippen molar-refractivity contribution in [2.75, 3.05) is 12.5 Å². The Morgan fingerprint density at radius 1 is 1.53 bits per heavy atom. The number of hydrazine groups is 1. The van der Waals surface area contributed by atoms with Gasteiger partial charge in [-0.1, -0.05) is 0 Å². The van der Waals surface area contributed by atoms with Gasteiger partial charge >= 0.3 is 0 Å². The van der Waals surface area contributed by atoms with Gasteiger partial charge < -0.3 is 10.3 Å². The number of nitro benzene ring substituents is 1. The molecular formula is C11H15FN4O3. The molecule has 0 radical (unpaired) electrons. The normalized spacial score (nSPS) is 10.4. The summed E-state index contributed by atoms with van der Waals surface area (Å²) in [6, 6.07) is 1.57. The van der Waals surface area contributed by atoms with Crippen LogP contribution < -0.4 is 11.3 Å². The molecule has 19 heavy (non-hydrogen) atoms. The lowest BCUT2D eigenvalue weighted by Gasteiger charge is -2.21. The van der Waals surface area contributed by atoms with Crippen LogP contribution in [0.5, 0.6) is 0 Å². The van der Waals surface area contributed by atoms with Crippen molar-refractivity contribution >= 4 is 17.3 Å². The molecule has 0 aliphatic rings. The van der Waals surface area contributed by atoms with E-state index in [1.807, 2.05) is 0 Å². The number of nitro groups is 1. The van der Waals surface area contributed by atoms with Crippen molar-refractivity contribution in [1.29, 1.82) is 0 Å². The lowest BCUT2D eigenvalue weighted by atomic mass is 10.1. The lowest BCUT2D eigenvalue weighted by molar-refractivity contribution is -0.385. The number of carbonyl (C=O) groups is 1. The number of nitrogen functional groups attached to an aromatic ring is 1. The highest BCUT2D eigenvalue weighted by Crippen LogP contribution is 2.27. The summed E-state index contributed by atoms with van der Waals surface area (Å²) >= 11 is 0. The lowest BCUT2D eigenvalue weighted by Crippen LogP contribution is -2.33. The van der Waals surface area contributed by atoms with E-state index in [0.717, 1.165) is 6.07 Å². The van der Waals surface area contributed by atoms with Gasteiger partial charge in [-0.05, 0) is 19.9 Å². The van der Waals surface area contributed by atoms with Crippen molar-refractivity contribution in [2.24, 2.45) is 5.84 Å². The van der Waals surface area contributed by atoms with Crippen molar-refractivity contribution in [3.05, 3.63) is 33.6 Å². The highest BCUT2D eigenvalue weighted by atomic mass is 19.1. The zero-order valence-electron chi connectivity index (χ0n) is 10.8. The van der Waals surface area contributed by atoms with Crippen LogP contribution in [-0.2, 0) is 0 Å². The molecule has 7 nitrogen and oxygen atoms in total. The van der Waals surface area contributed by atoms with Gasteiger partial charge in [0, 0.05) is 13.1 Å². The van der Waals surface area contributed by atoms with Gasteiger partial charge in [-0.25, -0.2) is 4.39 Å². The minimum Gasteiger partial charge on any atom is -0.339 e. The molecule has 1 aromatic carbocycles. The number of anilines is 1. The molecule has 0 heterocycles. The van der Waals surface area contributed by atoms with Crippen LogP contribution in [0.2, 0.25) is 0 Å². The Balaban J connectivity index is 3.39. The van der Waals surface area contributed by atoms with E-state index in [4.69, 9.17) is 5.84 Å². The van der Waals surface area contributed by atoms with Crippen molar-refractivity contribution in [3.63, 3.8) is 0 Å². The van der Waals surface area contributed by atoms with Crippen molar-refractivity contribution in [3.8, 4) is 0 Å². The third-order valence-electron chi connectivity index (χ3n) is 2.76. The molecule has 0 fully saturated rings. The first-order valence-corrected chi connectivity index (χ1v) is 5.51. The maximum absolute atomic E-state index is 13.4. The largest absolute Gasteiger partial charge is 0.339 e. The monoisotopic (exact) mass is 270 g/mol. The number of nitrogens with two attached hydrogens (primary N) is 1. The first-order valence-electron chi connectivity index (χ1n) is 5.51. The van der Waals surface area contributed by atoms with E-state index in [-0.39, 0.29) is 17.3 Å². The van der Waals surface area contributed by atoms with E-state index >= 15 is 0 Å². The summed E-state index contributed by atoms with van der Waals surface area (Å²) < 4.78 is 13.4. The van der Waals surface area contributed by atoms with Gasteiger partial charge in [-0.15, -0.1) is 0 Å². The highest BCUT2D eigenvalue weighted by molar-refractivity contribution is 5.99. The summed E-state index contributed by atoms with van der Waals surface area (Å²) in [4.78, 5) is 23.5. The fraction of sp³-hybridized carbons (Fsp3) is 0.364. The van der Waals surface area contributed by atoms with Crippen LogP contribution in [-0.4, -0.2) is 28.8 Å². The Labute approximate surface area is 109 Å². The molecule has 0 aliphatic carbocycles. The van der Waals surface area contributed by atoms with Gasteiger partial charge in [0.2, 0.25) is 0 Å². The van der Waals surface area contributed by atoms with Crippen LogP contribution in [0.3, 0.4) is 0 Å². The molecular weight excluding hydrogens is 255 g/mol. The number of rotatable bonds is 4. The standard InChI is InChI=1S/C11H15FN4O3/c1-6(2)15(3)11(17)7-4-9(14-13)8(12)5-10(7)16(18)19/h4-6,14H,13H2,1-3H3. The van der Waals surface area contributed by atoms with Crippen molar-refractivity contribution in [2.45, 2.75) is 19.9 Å². The Morgan fingerprint density at radius 2 is 2.11 bits per heavy atom. The number of nitrogens with one attached hydrogen (secondary N) is 1. The molecule has 0 aliphatic heterocycles. The van der Waals surface area contributed by atoms with Gasteiger partial charge in [-0.3, -0.25) is 20.8 Å². The van der Waals surface area contributed by atoms with Gasteiger partial charge in [-0.2, -0.15) is 0 Å². The molecule has 1 rings (SSSR count). The predicted molar refractivity (Wildman–Crippen MR) is 68.1 cm³/mol. The van der Waals surface area contributed by atoms with E-state index < -0.39 is 22.3 Å². The molecule has 104 valence electrons. The van der Waals surface area contributed by atoms with Crippen LogP contribution in [0.4, 0.5) is 15.8 Å². The fourth-order valence-electron chi connectivity index (χ4n) is 1.42. The smallest absolute Gasteiger partial charge is 0.285 e. The zero-order chi connectivity index (χ0) is 14.7. The molecule has 0 saturated carbocycles. The summed E-state index contributed by atoms with van der Waals surface area (Å²) in [6.07, 6.45) is 0. The van der Waals surface area contributed by atoms with Crippen LogP contribution in [0.1, 0.15) is 24.2 Å². The van der Waals surface area contributed by atoms with Gasteiger partial charge in [0.15, 0.2) is 5.82 Å². The van der Waals surface area contributed by atoms with Crippen LogP contribution in [0.25, 0.3) is 0 Å². The SMILES string of the molecule is CC(C)N(C)C(=O)c1cc(NN)c(F)cc1[N+](=O)[O-]. The minimum atomic E-state index is -0.891. The summed E-state index contributed by atoms with van der Waals surface area (Å²) in [5.74, 6) is 3.64. The number of nitrogens with zero attached hydrogens (tertiary/aromatic N) is 2. The maximum Gasteiger partial charge on any atom is 0.285 e. The Morgan fingerprint density at radius 3 is 2.53 bits per heavy atom. The fourth-order valence-corrected chi connectivity index (χ4v) is 1.42. The quantitative estimate of drug-likeness (QED) is 0.490. The molecule has 1 amide bonds. The van der Waals surface area contributed by atoms with E-state index in [2.05, 4.69) is 5.43 Å². The number of halogens is 1. The second-order valence-corrected chi connectivity index (χ2v) is 4.26. The predicted octanol–water partition coefficient (Wildman–Crippen LogP) is 1.50. The number of hydrogen-bond acceptors (Lipinski definition) is 5. The van der Waals surface area contributed by atoms with E-state index in [9.17, 15) is 19.3 Å². The minimum absolute atomic E-state index is 0.147. The Bertz CT molecular complexity index is 519. The van der Waals surface area contributed by atoms with E-state index in [0.29, 0.717) is 6.07 Å². The number of amides is 1. The topological polar surface area (TPSA) is 102 Å². The first-order chi connectivity index (χ1) is 8.79. The molecule has 8 heteroatoms.